The highest BCUT2D eigenvalue weighted by Crippen LogP contribution is 2.25. The Hall–Kier alpha value is -0.810. The number of hydrogen-bond donors (Lipinski definition) is 2. The highest BCUT2D eigenvalue weighted by Gasteiger charge is 2.11. The van der Waals surface area contributed by atoms with Gasteiger partial charge in [0.15, 0.2) is 0 Å². The zero-order valence-corrected chi connectivity index (χ0v) is 12.3. The van der Waals surface area contributed by atoms with Crippen LogP contribution in [-0.2, 0) is 16.0 Å². The van der Waals surface area contributed by atoms with E-state index < -0.39 is 0 Å². The van der Waals surface area contributed by atoms with Crippen molar-refractivity contribution in [1.82, 2.24) is 5.32 Å². The van der Waals surface area contributed by atoms with Gasteiger partial charge in [-0.2, -0.15) is 0 Å². The first-order valence-electron chi connectivity index (χ1n) is 6.01. The number of halogens is 2. The number of carbonyl (C=O) groups is 1. The quantitative estimate of drug-likeness (QED) is 0.810. The molecule has 0 bridgehead atoms. The second-order valence-electron chi connectivity index (χ2n) is 4.11. The molecule has 3 N–H and O–H groups in total. The lowest BCUT2D eigenvalue weighted by molar-refractivity contribution is -0.123. The van der Waals surface area contributed by atoms with E-state index in [1.165, 1.54) is 7.11 Å². The summed E-state index contributed by atoms with van der Waals surface area (Å²) in [5.41, 5.74) is 6.36. The Labute approximate surface area is 123 Å². The van der Waals surface area contributed by atoms with E-state index in [2.05, 4.69) is 5.32 Å². The highest BCUT2D eigenvalue weighted by molar-refractivity contribution is 6.42. The van der Waals surface area contributed by atoms with Crippen LogP contribution in [0.4, 0.5) is 0 Å². The summed E-state index contributed by atoms with van der Waals surface area (Å²) < 4.78 is 5.05. The summed E-state index contributed by atoms with van der Waals surface area (Å²) >= 11 is 12.0. The van der Waals surface area contributed by atoms with Crippen molar-refractivity contribution in [1.29, 1.82) is 0 Å². The lowest BCUT2D eigenvalue weighted by atomic mass is 10.1. The second-order valence-corrected chi connectivity index (χ2v) is 4.90. The van der Waals surface area contributed by atoms with Gasteiger partial charge >= 0.3 is 0 Å². The summed E-state index contributed by atoms with van der Waals surface area (Å²) in [6.07, 6.45) is 0.650. The zero-order chi connectivity index (χ0) is 14.3. The molecule has 0 aliphatic carbocycles. The van der Waals surface area contributed by atoms with E-state index in [1.807, 2.05) is 12.1 Å². The van der Waals surface area contributed by atoms with Gasteiger partial charge in [-0.3, -0.25) is 4.79 Å². The first-order valence-corrected chi connectivity index (χ1v) is 6.76. The number of rotatable bonds is 7. The minimum atomic E-state index is -0.241. The molecule has 1 atom stereocenters. The maximum atomic E-state index is 11.6. The van der Waals surface area contributed by atoms with Crippen LogP contribution >= 0.6 is 23.2 Å². The molecule has 1 amide bonds. The van der Waals surface area contributed by atoms with Gasteiger partial charge < -0.3 is 15.8 Å². The van der Waals surface area contributed by atoms with Gasteiger partial charge in [-0.05, 0) is 18.1 Å². The van der Waals surface area contributed by atoms with Crippen LogP contribution in [0.25, 0.3) is 0 Å². The molecule has 0 aliphatic heterocycles. The lowest BCUT2D eigenvalue weighted by Crippen LogP contribution is -2.33. The average molecular weight is 305 g/mol. The van der Waals surface area contributed by atoms with Crippen LogP contribution in [-0.4, -0.2) is 32.2 Å². The van der Waals surface area contributed by atoms with Crippen LogP contribution in [0.1, 0.15) is 12.0 Å². The third-order valence-electron chi connectivity index (χ3n) is 2.76. The Balaban J connectivity index is 2.38. The van der Waals surface area contributed by atoms with Gasteiger partial charge in [0.2, 0.25) is 5.91 Å². The van der Waals surface area contributed by atoms with Crippen LogP contribution in [0.3, 0.4) is 0 Å². The first kappa shape index (κ1) is 16.2. The summed E-state index contributed by atoms with van der Waals surface area (Å²) in [5.74, 6) is -0.0875. The molecule has 1 rings (SSSR count). The number of ether oxygens (including phenoxy) is 1. The molecule has 19 heavy (non-hydrogen) atoms. The van der Waals surface area contributed by atoms with Crippen molar-refractivity contribution in [3.8, 4) is 0 Å². The summed E-state index contributed by atoms with van der Waals surface area (Å²) in [7, 11) is 1.54. The predicted octanol–water partition coefficient (Wildman–Crippen LogP) is 2.02. The van der Waals surface area contributed by atoms with Crippen LogP contribution in [0.5, 0.6) is 0 Å². The molecule has 6 heteroatoms. The highest BCUT2D eigenvalue weighted by atomic mass is 35.5. The van der Waals surface area contributed by atoms with Crippen molar-refractivity contribution >= 4 is 29.1 Å². The van der Waals surface area contributed by atoms with Gasteiger partial charge in [0, 0.05) is 20.2 Å². The Morgan fingerprint density at radius 2 is 2.21 bits per heavy atom. The number of methoxy groups -OCH3 is 1. The van der Waals surface area contributed by atoms with E-state index in [9.17, 15) is 4.79 Å². The number of nitrogens with two attached hydrogens (primary N) is 1. The summed E-state index contributed by atoms with van der Waals surface area (Å²) in [5, 5.41) is 3.86. The fourth-order valence-electron chi connectivity index (χ4n) is 1.62. The number of hydrogen-bond acceptors (Lipinski definition) is 3. The third kappa shape index (κ3) is 5.37. The van der Waals surface area contributed by atoms with Crippen molar-refractivity contribution in [2.24, 2.45) is 5.73 Å². The van der Waals surface area contributed by atoms with Crippen molar-refractivity contribution in [3.63, 3.8) is 0 Å². The Bertz CT molecular complexity index is 423. The maximum absolute atomic E-state index is 11.6. The van der Waals surface area contributed by atoms with E-state index in [0.29, 0.717) is 29.6 Å². The van der Waals surface area contributed by atoms with Gasteiger partial charge in [0.05, 0.1) is 22.6 Å². The van der Waals surface area contributed by atoms with Crippen LogP contribution < -0.4 is 11.1 Å². The molecule has 1 aromatic carbocycles. The lowest BCUT2D eigenvalue weighted by Gasteiger charge is -2.12. The van der Waals surface area contributed by atoms with E-state index >= 15 is 0 Å². The van der Waals surface area contributed by atoms with E-state index in [0.717, 1.165) is 5.56 Å². The molecular formula is C13H18Cl2N2O2. The van der Waals surface area contributed by atoms with Crippen molar-refractivity contribution in [2.75, 3.05) is 20.2 Å². The van der Waals surface area contributed by atoms with Crippen molar-refractivity contribution in [3.05, 3.63) is 33.8 Å². The fraction of sp³-hybridized carbons (Fsp3) is 0.462. The van der Waals surface area contributed by atoms with Gasteiger partial charge in [0.1, 0.15) is 0 Å². The van der Waals surface area contributed by atoms with Gasteiger partial charge in [-0.25, -0.2) is 0 Å². The standard InChI is InChI=1S/C13H18Cl2N2O2/c1-19-10(8-16)7-12(18)17-6-5-9-3-2-4-11(14)13(9)15/h2-4,10H,5-8,16H2,1H3,(H,17,18). The van der Waals surface area contributed by atoms with Crippen molar-refractivity contribution < 1.29 is 9.53 Å². The molecule has 0 saturated heterocycles. The summed E-state index contributed by atoms with van der Waals surface area (Å²) in [4.78, 5) is 11.6. The second kappa shape index (κ2) is 8.38. The number of carbonyl (C=O) groups excluding carboxylic acids is 1. The SMILES string of the molecule is COC(CN)CC(=O)NCCc1cccc(Cl)c1Cl. The Kier molecular flexibility index (Phi) is 7.16. The average Bonchev–Trinajstić information content (AvgIpc) is 2.41. The largest absolute Gasteiger partial charge is 0.380 e. The van der Waals surface area contributed by atoms with Crippen LogP contribution in [0, 0.1) is 0 Å². The minimum absolute atomic E-state index is 0.0875. The first-order chi connectivity index (χ1) is 9.08. The van der Waals surface area contributed by atoms with E-state index in [4.69, 9.17) is 33.7 Å². The smallest absolute Gasteiger partial charge is 0.222 e. The summed E-state index contributed by atoms with van der Waals surface area (Å²) in [6.45, 7) is 0.823. The van der Waals surface area contributed by atoms with Gasteiger partial charge in [-0.15, -0.1) is 0 Å². The molecule has 0 fully saturated rings. The zero-order valence-electron chi connectivity index (χ0n) is 10.8. The number of amides is 1. The molecule has 1 unspecified atom stereocenters. The van der Waals surface area contributed by atoms with E-state index in [1.54, 1.807) is 6.07 Å². The third-order valence-corrected chi connectivity index (χ3v) is 3.62. The maximum Gasteiger partial charge on any atom is 0.222 e. The molecule has 0 saturated carbocycles. The van der Waals surface area contributed by atoms with Gasteiger partial charge in [0.25, 0.3) is 0 Å². The molecule has 0 radical (unpaired) electrons. The topological polar surface area (TPSA) is 64.3 Å². The molecule has 4 nitrogen and oxygen atoms in total. The Morgan fingerprint density at radius 3 is 2.84 bits per heavy atom. The molecule has 0 heterocycles. The molecule has 0 aromatic heterocycles. The summed E-state index contributed by atoms with van der Waals surface area (Å²) in [6, 6.07) is 5.45. The van der Waals surface area contributed by atoms with E-state index in [-0.39, 0.29) is 18.4 Å². The molecular weight excluding hydrogens is 287 g/mol. The molecule has 0 aliphatic rings. The number of benzene rings is 1. The molecule has 0 spiro atoms. The predicted molar refractivity (Wildman–Crippen MR) is 77.6 cm³/mol. The monoisotopic (exact) mass is 304 g/mol. The Morgan fingerprint density at radius 1 is 1.47 bits per heavy atom. The van der Waals surface area contributed by atoms with Gasteiger partial charge in [-0.1, -0.05) is 35.3 Å². The van der Waals surface area contributed by atoms with Crippen LogP contribution in [0.15, 0.2) is 18.2 Å². The molecule has 106 valence electrons. The fourth-order valence-corrected chi connectivity index (χ4v) is 2.03. The normalized spacial score (nSPS) is 12.2. The number of nitrogens with one attached hydrogen (secondary N) is 1. The molecule has 1 aromatic rings. The minimum Gasteiger partial charge on any atom is -0.380 e. The van der Waals surface area contributed by atoms with Crippen LogP contribution in [0.2, 0.25) is 10.0 Å². The van der Waals surface area contributed by atoms with Crippen molar-refractivity contribution in [2.45, 2.75) is 18.9 Å².